The fraction of sp³-hybridized carbons (Fsp3) is 0.577. The molecule has 1 aromatic heterocycles. The van der Waals surface area contributed by atoms with Crippen molar-refractivity contribution in [2.45, 2.75) is 64.9 Å². The number of ether oxygens (including phenoxy) is 2. The fourth-order valence-corrected chi connectivity index (χ4v) is 4.95. The topological polar surface area (TPSA) is 89.9 Å². The van der Waals surface area contributed by atoms with Crippen molar-refractivity contribution >= 4 is 28.7 Å². The van der Waals surface area contributed by atoms with Gasteiger partial charge in [-0.25, -0.2) is 18.4 Å². The molecule has 4 rings (SSSR count). The van der Waals surface area contributed by atoms with Gasteiger partial charge in [0.1, 0.15) is 23.2 Å². The fourth-order valence-electron chi connectivity index (χ4n) is 4.95. The molecule has 2 heterocycles. The maximum Gasteiger partial charge on any atom is 0.407 e. The number of nitrogens with zero attached hydrogens (tertiary/aromatic N) is 2. The van der Waals surface area contributed by atoms with E-state index in [9.17, 15) is 23.2 Å². The van der Waals surface area contributed by atoms with E-state index in [1.807, 2.05) is 0 Å². The van der Waals surface area contributed by atoms with Gasteiger partial charge in [0, 0.05) is 37.0 Å². The van der Waals surface area contributed by atoms with E-state index in [1.165, 1.54) is 10.8 Å². The number of alkyl halides is 2. The molecule has 4 atom stereocenters. The molecular weight excluding hydrogens is 491 g/mol. The Kier molecular flexibility index (Phi) is 7.18. The Labute approximate surface area is 212 Å². The summed E-state index contributed by atoms with van der Waals surface area (Å²) in [6.45, 7) is 7.85. The van der Waals surface area contributed by atoms with Crippen molar-refractivity contribution in [1.82, 2.24) is 9.88 Å². The molecule has 11 heteroatoms. The number of fused-ring (bicyclic) bond motifs is 1. The van der Waals surface area contributed by atoms with E-state index < -0.39 is 59.8 Å². The van der Waals surface area contributed by atoms with Crippen LogP contribution in [-0.4, -0.2) is 60.8 Å². The van der Waals surface area contributed by atoms with Gasteiger partial charge in [-0.2, -0.15) is 0 Å². The van der Waals surface area contributed by atoms with Crippen molar-refractivity contribution < 1.29 is 32.2 Å². The molecule has 2 aromatic rings. The van der Waals surface area contributed by atoms with Gasteiger partial charge in [0.25, 0.3) is 0 Å². The monoisotopic (exact) mass is 523 g/mol. The number of alkyl carbamates (subject to hydrolysis) is 1. The van der Waals surface area contributed by atoms with Crippen molar-refractivity contribution in [3.63, 3.8) is 0 Å². The van der Waals surface area contributed by atoms with E-state index in [1.54, 1.807) is 39.5 Å². The minimum atomic E-state index is -1.17. The molecule has 2 aliphatic rings. The van der Waals surface area contributed by atoms with Crippen LogP contribution in [0, 0.1) is 18.7 Å². The number of halogens is 3. The Morgan fingerprint density at radius 2 is 1.92 bits per heavy atom. The first-order valence-electron chi connectivity index (χ1n) is 12.4. The van der Waals surface area contributed by atoms with Crippen LogP contribution < -0.4 is 15.6 Å². The summed E-state index contributed by atoms with van der Waals surface area (Å²) in [5, 5.41) is 2.62. The molecule has 37 heavy (non-hydrogen) atoms. The summed E-state index contributed by atoms with van der Waals surface area (Å²) in [6, 6.07) is -0.207. The Morgan fingerprint density at radius 1 is 1.24 bits per heavy atom. The number of benzene rings is 1. The van der Waals surface area contributed by atoms with Crippen molar-refractivity contribution in [3.8, 4) is 0 Å². The van der Waals surface area contributed by atoms with Gasteiger partial charge in [-0.15, -0.1) is 0 Å². The third-order valence-corrected chi connectivity index (χ3v) is 6.67. The number of hydrogen-bond acceptors (Lipinski definition) is 6. The molecule has 8 nitrogen and oxygen atoms in total. The third kappa shape index (κ3) is 5.26. The van der Waals surface area contributed by atoms with Crippen molar-refractivity contribution in [1.29, 1.82) is 0 Å². The molecule has 1 saturated carbocycles. The number of rotatable bonds is 6. The molecule has 1 aliphatic heterocycles. The first-order chi connectivity index (χ1) is 17.4. The van der Waals surface area contributed by atoms with Crippen LogP contribution in [0.15, 0.2) is 17.1 Å². The zero-order chi connectivity index (χ0) is 27.2. The average Bonchev–Trinajstić information content (AvgIpc) is 3.38. The molecule has 1 saturated heterocycles. The maximum atomic E-state index is 15.6. The summed E-state index contributed by atoms with van der Waals surface area (Å²) < 4.78 is 55.4. The lowest BCUT2D eigenvalue weighted by Gasteiger charge is -2.25. The van der Waals surface area contributed by atoms with Gasteiger partial charge in [0.2, 0.25) is 5.43 Å². The molecule has 0 spiro atoms. The number of carbonyl (C=O) groups is 2. The highest BCUT2D eigenvalue weighted by Gasteiger charge is 2.42. The lowest BCUT2D eigenvalue weighted by Crippen LogP contribution is -2.43. The van der Waals surface area contributed by atoms with Crippen LogP contribution in [-0.2, 0) is 9.47 Å². The second-order valence-electron chi connectivity index (χ2n) is 10.6. The number of amides is 1. The molecule has 0 radical (unpaired) electrons. The Hall–Kier alpha value is -3.24. The van der Waals surface area contributed by atoms with Gasteiger partial charge in [-0.3, -0.25) is 9.18 Å². The molecule has 1 amide bonds. The standard InChI is InChI=1S/C26H32F3N3O5/c1-6-36-24(34)16-11-32(20-8-17(20)28)21-13(2)22(18(29)7-15(21)23(16)33)31-10-14(9-27)19(12-31)30-25(35)37-26(3,4)5/h7,11,14,17,19-20H,6,8-10,12H2,1-5H3,(H,30,35)/t14-,17-,19+,20+/m0/s1. The van der Waals surface area contributed by atoms with E-state index in [2.05, 4.69) is 5.32 Å². The molecule has 0 bridgehead atoms. The Balaban J connectivity index is 1.76. The maximum absolute atomic E-state index is 15.6. The van der Waals surface area contributed by atoms with Crippen molar-refractivity contribution in [3.05, 3.63) is 39.4 Å². The number of carbonyl (C=O) groups excluding carboxylic acids is 2. The normalized spacial score (nSPS) is 23.3. The smallest absolute Gasteiger partial charge is 0.407 e. The number of aryl methyl sites for hydroxylation is 1. The number of pyridine rings is 1. The molecule has 1 aromatic carbocycles. The lowest BCUT2D eigenvalue weighted by atomic mass is 10.0. The van der Waals surface area contributed by atoms with Gasteiger partial charge in [-0.05, 0) is 46.2 Å². The highest BCUT2D eigenvalue weighted by Crippen LogP contribution is 2.43. The number of esters is 1. The highest BCUT2D eigenvalue weighted by atomic mass is 19.1. The third-order valence-electron chi connectivity index (χ3n) is 6.67. The van der Waals surface area contributed by atoms with E-state index >= 15 is 4.39 Å². The van der Waals surface area contributed by atoms with Crippen LogP contribution in [0.2, 0.25) is 0 Å². The predicted octanol–water partition coefficient (Wildman–Crippen LogP) is 4.21. The average molecular weight is 524 g/mol. The summed E-state index contributed by atoms with van der Waals surface area (Å²) in [4.78, 5) is 39.5. The van der Waals surface area contributed by atoms with E-state index in [0.29, 0.717) is 11.1 Å². The largest absolute Gasteiger partial charge is 0.462 e. The van der Waals surface area contributed by atoms with Crippen LogP contribution in [0.3, 0.4) is 0 Å². The molecular formula is C26H32F3N3O5. The minimum Gasteiger partial charge on any atom is -0.462 e. The lowest BCUT2D eigenvalue weighted by molar-refractivity contribution is 0.0491. The Bertz CT molecular complexity index is 1290. The van der Waals surface area contributed by atoms with Crippen LogP contribution in [0.4, 0.5) is 23.7 Å². The number of nitrogens with one attached hydrogen (secondary N) is 1. The van der Waals surface area contributed by atoms with Crippen LogP contribution in [0.1, 0.15) is 56.1 Å². The van der Waals surface area contributed by atoms with E-state index in [-0.39, 0.29) is 42.8 Å². The van der Waals surface area contributed by atoms with Crippen LogP contribution >= 0.6 is 0 Å². The second-order valence-corrected chi connectivity index (χ2v) is 10.6. The zero-order valence-corrected chi connectivity index (χ0v) is 21.6. The first kappa shape index (κ1) is 26.8. The van der Waals surface area contributed by atoms with Gasteiger partial charge in [0.15, 0.2) is 0 Å². The molecule has 202 valence electrons. The molecule has 0 unspecified atom stereocenters. The van der Waals surface area contributed by atoms with Crippen LogP contribution in [0.25, 0.3) is 10.9 Å². The number of anilines is 1. The highest BCUT2D eigenvalue weighted by molar-refractivity contribution is 5.96. The summed E-state index contributed by atoms with van der Waals surface area (Å²) in [6.07, 6.45) is -0.389. The van der Waals surface area contributed by atoms with Crippen molar-refractivity contribution in [2.24, 2.45) is 5.92 Å². The predicted molar refractivity (Wildman–Crippen MR) is 132 cm³/mol. The van der Waals surface area contributed by atoms with E-state index in [4.69, 9.17) is 9.47 Å². The van der Waals surface area contributed by atoms with E-state index in [0.717, 1.165) is 6.07 Å². The van der Waals surface area contributed by atoms with Gasteiger partial charge >= 0.3 is 12.1 Å². The first-order valence-corrected chi connectivity index (χ1v) is 12.4. The summed E-state index contributed by atoms with van der Waals surface area (Å²) in [5.74, 6) is -2.21. The van der Waals surface area contributed by atoms with Gasteiger partial charge in [-0.1, -0.05) is 0 Å². The zero-order valence-electron chi connectivity index (χ0n) is 21.6. The number of aromatic nitrogens is 1. The summed E-state index contributed by atoms with van der Waals surface area (Å²) in [7, 11) is 0. The molecule has 1 N–H and O–H groups in total. The molecule has 1 aliphatic carbocycles. The van der Waals surface area contributed by atoms with Gasteiger partial charge in [0.05, 0.1) is 36.6 Å². The van der Waals surface area contributed by atoms with Crippen LogP contribution in [0.5, 0.6) is 0 Å². The van der Waals surface area contributed by atoms with Crippen molar-refractivity contribution in [2.75, 3.05) is 31.3 Å². The second kappa shape index (κ2) is 9.90. The summed E-state index contributed by atoms with van der Waals surface area (Å²) in [5.41, 5.74) is -0.940. The SMILES string of the molecule is CCOC(=O)c1cn([C@@H]2C[C@@H]2F)c2c(C)c(N3C[C@H](CF)[C@H](NC(=O)OC(C)(C)C)C3)c(F)cc2c1=O. The molecule has 2 fully saturated rings. The Morgan fingerprint density at radius 3 is 2.49 bits per heavy atom. The number of hydrogen-bond donors (Lipinski definition) is 1. The minimum absolute atomic E-state index is 0.0427. The quantitative estimate of drug-likeness (QED) is 0.571. The van der Waals surface area contributed by atoms with Gasteiger partial charge < -0.3 is 24.3 Å². The summed E-state index contributed by atoms with van der Waals surface area (Å²) >= 11 is 0.